The molecule has 3 fully saturated rings. The van der Waals surface area contributed by atoms with Crippen molar-refractivity contribution in [1.82, 2.24) is 9.80 Å². The Morgan fingerprint density at radius 1 is 1.20 bits per heavy atom. The highest BCUT2D eigenvalue weighted by atomic mass is 79.9. The predicted octanol–water partition coefficient (Wildman–Crippen LogP) is 3.12. The van der Waals surface area contributed by atoms with Crippen LogP contribution in [-0.4, -0.2) is 81.1 Å². The van der Waals surface area contributed by atoms with Crippen molar-refractivity contribution in [3.63, 3.8) is 0 Å². The molecule has 8 nitrogen and oxygen atoms in total. The highest BCUT2D eigenvalue weighted by molar-refractivity contribution is 9.09. The molecule has 1 N–H and O–H groups in total. The molecule has 0 radical (unpaired) electrons. The van der Waals surface area contributed by atoms with Crippen LogP contribution in [-0.2, 0) is 36.8 Å². The van der Waals surface area contributed by atoms with Crippen molar-refractivity contribution in [3.05, 3.63) is 84.4 Å². The lowest BCUT2D eigenvalue weighted by Gasteiger charge is -2.39. The van der Waals surface area contributed by atoms with Crippen molar-refractivity contribution in [2.45, 2.75) is 54.9 Å². The number of benzene rings is 2. The number of nitrogens with zero attached hydrogens (tertiary/aromatic N) is 2. The monoisotopic (exact) mass is 610 g/mol. The number of halogens is 1. The number of hydrogen-bond acceptors (Lipinski definition) is 6. The molecular weight excluding hydrogens is 576 g/mol. The van der Waals surface area contributed by atoms with Crippen molar-refractivity contribution in [2.75, 3.05) is 19.8 Å². The van der Waals surface area contributed by atoms with E-state index < -0.39 is 41.6 Å². The molecule has 0 aromatic heterocycles. The third-order valence-corrected chi connectivity index (χ3v) is 9.16. The Labute approximate surface area is 243 Å². The van der Waals surface area contributed by atoms with Gasteiger partial charge in [-0.3, -0.25) is 14.4 Å². The van der Waals surface area contributed by atoms with Crippen molar-refractivity contribution >= 4 is 33.7 Å². The summed E-state index contributed by atoms with van der Waals surface area (Å²) in [5.74, 6) is -2.88. The van der Waals surface area contributed by atoms with Gasteiger partial charge in [0.05, 0.1) is 37.2 Å². The Morgan fingerprint density at radius 2 is 1.85 bits per heavy atom. The molecule has 3 saturated heterocycles. The molecule has 7 atom stereocenters. The Hall–Kier alpha value is -3.01. The zero-order valence-corrected chi connectivity index (χ0v) is 24.1. The van der Waals surface area contributed by atoms with Crippen LogP contribution in [0, 0.1) is 11.8 Å². The second kappa shape index (κ2) is 11.8. The number of carbonyl (C=O) groups excluding carboxylic acids is 3. The average Bonchev–Trinajstić information content (AvgIpc) is 3.56. The number of hydrogen-bond donors (Lipinski definition) is 1. The van der Waals surface area contributed by atoms with Crippen molar-refractivity contribution < 1.29 is 29.0 Å². The van der Waals surface area contributed by atoms with Crippen LogP contribution in [0.2, 0.25) is 0 Å². The van der Waals surface area contributed by atoms with Gasteiger partial charge >= 0.3 is 5.97 Å². The summed E-state index contributed by atoms with van der Waals surface area (Å²) in [6.07, 6.45) is 1.80. The SMILES string of the molecule is C=CCN(Cc1ccccc1)C(=O)C1N([C@@H](CO)Cc2ccccc2)C(=O)[C@@H]2[C@H](C(=O)OCC)[C@H]3OC12CC3Br. The topological polar surface area (TPSA) is 96.4 Å². The first-order valence-electron chi connectivity index (χ1n) is 13.7. The van der Waals surface area contributed by atoms with E-state index in [1.807, 2.05) is 60.7 Å². The van der Waals surface area contributed by atoms with Crippen molar-refractivity contribution in [2.24, 2.45) is 11.8 Å². The molecule has 2 aromatic carbocycles. The van der Waals surface area contributed by atoms with Gasteiger partial charge in [0.1, 0.15) is 11.6 Å². The summed E-state index contributed by atoms with van der Waals surface area (Å²) >= 11 is 3.68. The maximum atomic E-state index is 14.6. The van der Waals surface area contributed by atoms with Crippen LogP contribution in [0.3, 0.4) is 0 Å². The first-order chi connectivity index (χ1) is 19.4. The van der Waals surface area contributed by atoms with Gasteiger partial charge in [-0.25, -0.2) is 0 Å². The molecule has 5 rings (SSSR count). The first kappa shape index (κ1) is 28.5. The first-order valence-corrected chi connectivity index (χ1v) is 14.7. The summed E-state index contributed by atoms with van der Waals surface area (Å²) in [5, 5.41) is 10.6. The van der Waals surface area contributed by atoms with E-state index in [2.05, 4.69) is 22.5 Å². The Balaban J connectivity index is 1.58. The van der Waals surface area contributed by atoms with E-state index in [1.54, 1.807) is 17.9 Å². The summed E-state index contributed by atoms with van der Waals surface area (Å²) in [5.41, 5.74) is 0.628. The fourth-order valence-electron chi connectivity index (χ4n) is 6.75. The number of aliphatic hydroxyl groups is 1. The van der Waals surface area contributed by atoms with Gasteiger partial charge in [0.2, 0.25) is 11.8 Å². The molecule has 3 aliphatic heterocycles. The lowest BCUT2D eigenvalue weighted by molar-refractivity contribution is -0.156. The normalized spacial score (nSPS) is 29.2. The molecule has 212 valence electrons. The van der Waals surface area contributed by atoms with Crippen LogP contribution in [0.5, 0.6) is 0 Å². The molecule has 3 aliphatic rings. The van der Waals surface area contributed by atoms with Gasteiger partial charge in [0.25, 0.3) is 0 Å². The number of alkyl halides is 1. The minimum absolute atomic E-state index is 0.173. The third kappa shape index (κ3) is 4.88. The van der Waals surface area contributed by atoms with Gasteiger partial charge in [-0.05, 0) is 30.9 Å². The number of esters is 1. The van der Waals surface area contributed by atoms with Crippen LogP contribution in [0.15, 0.2) is 73.3 Å². The Kier molecular flexibility index (Phi) is 8.44. The van der Waals surface area contributed by atoms with Crippen molar-refractivity contribution in [3.8, 4) is 0 Å². The number of carbonyl (C=O) groups is 3. The average molecular weight is 612 g/mol. The molecule has 40 heavy (non-hydrogen) atoms. The number of ether oxygens (including phenoxy) is 2. The van der Waals surface area contributed by atoms with E-state index in [0.717, 1.165) is 11.1 Å². The number of amides is 2. The molecule has 2 bridgehead atoms. The molecule has 0 saturated carbocycles. The quantitative estimate of drug-likeness (QED) is 0.239. The number of aliphatic hydroxyl groups excluding tert-OH is 1. The van der Waals surface area contributed by atoms with E-state index >= 15 is 0 Å². The second-order valence-corrected chi connectivity index (χ2v) is 11.9. The highest BCUT2D eigenvalue weighted by Gasteiger charge is 2.77. The fraction of sp³-hybridized carbons (Fsp3) is 0.452. The van der Waals surface area contributed by atoms with Crippen molar-refractivity contribution in [1.29, 1.82) is 0 Å². The fourth-order valence-corrected chi connectivity index (χ4v) is 7.69. The highest BCUT2D eigenvalue weighted by Crippen LogP contribution is 2.60. The zero-order valence-electron chi connectivity index (χ0n) is 22.5. The van der Waals surface area contributed by atoms with E-state index in [4.69, 9.17) is 9.47 Å². The lowest BCUT2D eigenvalue weighted by atomic mass is 9.70. The maximum Gasteiger partial charge on any atom is 0.312 e. The summed E-state index contributed by atoms with van der Waals surface area (Å²) in [7, 11) is 0. The van der Waals surface area contributed by atoms with Crippen LogP contribution in [0.1, 0.15) is 24.5 Å². The molecule has 3 unspecified atom stereocenters. The third-order valence-electron chi connectivity index (χ3n) is 8.32. The molecule has 1 spiro atoms. The molecule has 3 heterocycles. The molecule has 2 aromatic rings. The Morgan fingerprint density at radius 3 is 2.45 bits per heavy atom. The summed E-state index contributed by atoms with van der Waals surface area (Å²) in [6.45, 7) is 5.98. The lowest BCUT2D eigenvalue weighted by Crippen LogP contribution is -2.59. The minimum atomic E-state index is -1.23. The van der Waals surface area contributed by atoms with Gasteiger partial charge in [0.15, 0.2) is 0 Å². The second-order valence-electron chi connectivity index (χ2n) is 10.7. The van der Waals surface area contributed by atoms with Gasteiger partial charge in [-0.2, -0.15) is 0 Å². The predicted molar refractivity (Wildman–Crippen MR) is 152 cm³/mol. The smallest absolute Gasteiger partial charge is 0.312 e. The summed E-state index contributed by atoms with van der Waals surface area (Å²) in [6, 6.07) is 17.4. The number of fused-ring (bicyclic) bond motifs is 1. The molecule has 9 heteroatoms. The van der Waals surface area contributed by atoms with Crippen LogP contribution in [0.25, 0.3) is 0 Å². The van der Waals surface area contributed by atoms with E-state index in [0.29, 0.717) is 19.4 Å². The van der Waals surface area contributed by atoms with Crippen LogP contribution < -0.4 is 0 Å². The summed E-state index contributed by atoms with van der Waals surface area (Å²) in [4.78, 5) is 45.1. The standard InChI is InChI=1S/C31H35BrN2O6/c1-3-15-33(18-21-13-9-6-10-14-21)29(37)27-31-17-23(32)26(40-31)24(30(38)39-4-2)25(31)28(36)34(27)22(19-35)16-20-11-7-5-8-12-20/h3,5-14,22-27,35H,1,4,15-19H2,2H3/t22-,23?,24+,25+,26+,27?,31?/m1/s1. The largest absolute Gasteiger partial charge is 0.466 e. The van der Waals surface area contributed by atoms with Crippen LogP contribution >= 0.6 is 15.9 Å². The van der Waals surface area contributed by atoms with Crippen LogP contribution in [0.4, 0.5) is 0 Å². The van der Waals surface area contributed by atoms with Gasteiger partial charge in [0, 0.05) is 17.9 Å². The molecule has 2 amide bonds. The number of rotatable bonds is 11. The number of likely N-dealkylation sites (tertiary alicyclic amines) is 1. The molecular formula is C31H35BrN2O6. The van der Waals surface area contributed by atoms with E-state index in [-0.39, 0.29) is 36.4 Å². The van der Waals surface area contributed by atoms with E-state index in [1.165, 1.54) is 4.90 Å². The Bertz CT molecular complexity index is 1240. The van der Waals surface area contributed by atoms with Gasteiger partial charge in [-0.1, -0.05) is 82.7 Å². The molecule has 0 aliphatic carbocycles. The summed E-state index contributed by atoms with van der Waals surface area (Å²) < 4.78 is 12.0. The van der Waals surface area contributed by atoms with Gasteiger partial charge < -0.3 is 24.4 Å². The zero-order chi connectivity index (χ0) is 28.4. The van der Waals surface area contributed by atoms with E-state index in [9.17, 15) is 19.5 Å². The minimum Gasteiger partial charge on any atom is -0.466 e. The van der Waals surface area contributed by atoms with Gasteiger partial charge in [-0.15, -0.1) is 6.58 Å². The maximum absolute atomic E-state index is 14.6.